The van der Waals surface area contributed by atoms with Crippen molar-refractivity contribution >= 4 is 24.9 Å². The standard InChI is InChI=1S/C28H30N4O3.C3H5N/c1-5-20-14-23(17-29-16-20)21(8-6-12-28(3)19(2)30-27(34)31-28)9-7-13-32-18-22-10-11-24(35-4)15-25(22)26(32)33;1-3-4-2/h5-12,14-15,17H,2,13,16,18H2,1,3-4H3,(H2,30,31,34);3H,1-2H2/b9-7-,12-6+,20-5-,21-8+;. The SMILES string of the molecule is C=C1NC(=O)NC1(C)/C=C/C=C(\C=C/CN1Cc2ccc(OC)cc2C1=O)C1=C/C(=C/C)CN=C1.C=CN=C. The average molecular weight is 526 g/mol. The van der Waals surface area contributed by atoms with Gasteiger partial charge < -0.3 is 20.3 Å². The second-order valence-electron chi connectivity index (χ2n) is 9.15. The normalized spacial score (nSPS) is 21.5. The van der Waals surface area contributed by atoms with Crippen LogP contribution in [0.25, 0.3) is 0 Å². The first kappa shape index (κ1) is 28.8. The molecule has 1 aromatic carbocycles. The predicted molar refractivity (Wildman–Crippen MR) is 158 cm³/mol. The van der Waals surface area contributed by atoms with E-state index in [2.05, 4.69) is 46.6 Å². The van der Waals surface area contributed by atoms with Crippen molar-refractivity contribution in [2.24, 2.45) is 9.98 Å². The molecule has 202 valence electrons. The molecule has 3 aliphatic heterocycles. The summed E-state index contributed by atoms with van der Waals surface area (Å²) in [4.78, 5) is 34.1. The Morgan fingerprint density at radius 3 is 2.74 bits per heavy atom. The number of nitrogens with zero attached hydrogens (tertiary/aromatic N) is 3. The minimum atomic E-state index is -0.666. The highest BCUT2D eigenvalue weighted by Crippen LogP contribution is 2.27. The van der Waals surface area contributed by atoms with Crippen molar-refractivity contribution in [1.82, 2.24) is 15.5 Å². The summed E-state index contributed by atoms with van der Waals surface area (Å²) in [6.45, 7) is 15.9. The molecular formula is C31H35N5O3. The summed E-state index contributed by atoms with van der Waals surface area (Å²) in [6.07, 6.45) is 17.2. The van der Waals surface area contributed by atoms with E-state index in [0.29, 0.717) is 36.6 Å². The Morgan fingerprint density at radius 2 is 2.10 bits per heavy atom. The molecule has 0 aliphatic carbocycles. The molecule has 3 amide bonds. The molecule has 0 aromatic heterocycles. The largest absolute Gasteiger partial charge is 0.497 e. The summed E-state index contributed by atoms with van der Waals surface area (Å²) in [5.41, 5.74) is 4.69. The Kier molecular flexibility index (Phi) is 9.75. The molecule has 0 saturated carbocycles. The Morgan fingerprint density at radius 1 is 1.33 bits per heavy atom. The fourth-order valence-corrected chi connectivity index (χ4v) is 4.13. The number of amides is 3. The van der Waals surface area contributed by atoms with Gasteiger partial charge >= 0.3 is 6.03 Å². The second-order valence-corrected chi connectivity index (χ2v) is 9.15. The third-order valence-electron chi connectivity index (χ3n) is 6.47. The molecule has 8 heteroatoms. The van der Waals surface area contributed by atoms with E-state index in [4.69, 9.17) is 4.74 Å². The lowest BCUT2D eigenvalue weighted by molar-refractivity contribution is 0.0796. The minimum absolute atomic E-state index is 0.000431. The highest BCUT2D eigenvalue weighted by atomic mass is 16.5. The first-order valence-corrected chi connectivity index (χ1v) is 12.5. The summed E-state index contributed by atoms with van der Waals surface area (Å²) in [5.74, 6) is 0.680. The van der Waals surface area contributed by atoms with E-state index < -0.39 is 5.54 Å². The molecule has 4 rings (SSSR count). The number of fused-ring (bicyclic) bond motifs is 1. The van der Waals surface area contributed by atoms with Crippen molar-refractivity contribution in [3.05, 3.63) is 114 Å². The molecule has 1 fully saturated rings. The Labute approximate surface area is 230 Å². The molecule has 0 radical (unpaired) electrons. The molecule has 3 heterocycles. The van der Waals surface area contributed by atoms with E-state index in [9.17, 15) is 9.59 Å². The lowest BCUT2D eigenvalue weighted by Gasteiger charge is -2.18. The van der Waals surface area contributed by atoms with Gasteiger partial charge in [0.25, 0.3) is 5.91 Å². The zero-order valence-electron chi connectivity index (χ0n) is 22.7. The highest BCUT2D eigenvalue weighted by molar-refractivity contribution is 5.98. The molecule has 8 nitrogen and oxygen atoms in total. The summed E-state index contributed by atoms with van der Waals surface area (Å²) in [7, 11) is 1.60. The summed E-state index contributed by atoms with van der Waals surface area (Å²) >= 11 is 0. The van der Waals surface area contributed by atoms with Crippen LogP contribution in [-0.4, -0.2) is 55.5 Å². The van der Waals surface area contributed by atoms with Crippen molar-refractivity contribution in [1.29, 1.82) is 0 Å². The van der Waals surface area contributed by atoms with Crippen LogP contribution in [0.5, 0.6) is 5.75 Å². The monoisotopic (exact) mass is 525 g/mol. The smallest absolute Gasteiger partial charge is 0.320 e. The van der Waals surface area contributed by atoms with Gasteiger partial charge in [-0.05, 0) is 61.1 Å². The van der Waals surface area contributed by atoms with Crippen LogP contribution in [0, 0.1) is 0 Å². The highest BCUT2D eigenvalue weighted by Gasteiger charge is 2.34. The van der Waals surface area contributed by atoms with E-state index >= 15 is 0 Å². The number of urea groups is 1. The number of carbonyl (C=O) groups excluding carboxylic acids is 2. The van der Waals surface area contributed by atoms with Gasteiger partial charge in [-0.3, -0.25) is 14.8 Å². The topological polar surface area (TPSA) is 95.4 Å². The maximum atomic E-state index is 12.9. The zero-order valence-corrected chi connectivity index (χ0v) is 22.7. The summed E-state index contributed by atoms with van der Waals surface area (Å²) < 4.78 is 5.26. The Hall–Kier alpha value is -4.72. The summed E-state index contributed by atoms with van der Waals surface area (Å²) in [5, 5.41) is 5.56. The van der Waals surface area contributed by atoms with Gasteiger partial charge in [0.2, 0.25) is 0 Å². The van der Waals surface area contributed by atoms with Gasteiger partial charge in [0.05, 0.1) is 19.2 Å². The van der Waals surface area contributed by atoms with Crippen molar-refractivity contribution in [2.75, 3.05) is 20.2 Å². The second kappa shape index (κ2) is 13.2. The van der Waals surface area contributed by atoms with Gasteiger partial charge in [0.1, 0.15) is 5.75 Å². The van der Waals surface area contributed by atoms with Crippen LogP contribution in [0.4, 0.5) is 4.79 Å². The van der Waals surface area contributed by atoms with Gasteiger partial charge in [-0.15, -0.1) is 0 Å². The van der Waals surface area contributed by atoms with E-state index in [-0.39, 0.29) is 11.9 Å². The first-order valence-electron chi connectivity index (χ1n) is 12.5. The van der Waals surface area contributed by atoms with Gasteiger partial charge in [0.15, 0.2) is 0 Å². The first-order chi connectivity index (χ1) is 18.7. The number of carbonyl (C=O) groups is 2. The predicted octanol–water partition coefficient (Wildman–Crippen LogP) is 5.06. The van der Waals surface area contributed by atoms with Crippen LogP contribution in [0.1, 0.15) is 29.8 Å². The van der Waals surface area contributed by atoms with Crippen molar-refractivity contribution in [2.45, 2.75) is 25.9 Å². The number of dihydropyridines is 1. The third kappa shape index (κ3) is 7.19. The average Bonchev–Trinajstić information content (AvgIpc) is 3.40. The minimum Gasteiger partial charge on any atom is -0.497 e. The van der Waals surface area contributed by atoms with Crippen LogP contribution in [0.3, 0.4) is 0 Å². The number of nitrogens with one attached hydrogen (secondary N) is 2. The number of methoxy groups -OCH3 is 1. The van der Waals surface area contributed by atoms with Crippen molar-refractivity contribution in [3.63, 3.8) is 0 Å². The lowest BCUT2D eigenvalue weighted by Crippen LogP contribution is -2.36. The molecule has 2 N–H and O–H groups in total. The number of aliphatic imine (C=N–C) groups is 2. The van der Waals surface area contributed by atoms with E-state index in [1.165, 1.54) is 6.20 Å². The summed E-state index contributed by atoms with van der Waals surface area (Å²) in [6, 6.07) is 5.35. The molecule has 3 aliphatic rings. The number of benzene rings is 1. The van der Waals surface area contributed by atoms with E-state index in [1.807, 2.05) is 68.7 Å². The van der Waals surface area contributed by atoms with Crippen LogP contribution < -0.4 is 15.4 Å². The maximum Gasteiger partial charge on any atom is 0.320 e. The van der Waals surface area contributed by atoms with Gasteiger partial charge in [-0.25, -0.2) is 4.79 Å². The number of ether oxygens (including phenoxy) is 1. The molecule has 0 bridgehead atoms. The maximum absolute atomic E-state index is 12.9. The Bertz CT molecular complexity index is 1340. The number of rotatable bonds is 8. The van der Waals surface area contributed by atoms with E-state index in [1.54, 1.807) is 18.1 Å². The number of hydrogen-bond acceptors (Lipinski definition) is 5. The molecule has 39 heavy (non-hydrogen) atoms. The molecule has 1 saturated heterocycles. The fraction of sp³-hybridized carbons (Fsp3) is 0.226. The Balaban J connectivity index is 0.000000983. The fourth-order valence-electron chi connectivity index (χ4n) is 4.13. The van der Waals surface area contributed by atoms with Crippen LogP contribution in [0.2, 0.25) is 0 Å². The number of hydrogen-bond donors (Lipinski definition) is 2. The number of allylic oxidation sites excluding steroid dienone is 6. The van der Waals surface area contributed by atoms with Crippen molar-refractivity contribution in [3.8, 4) is 5.75 Å². The zero-order chi connectivity index (χ0) is 28.4. The third-order valence-corrected chi connectivity index (χ3v) is 6.47. The molecular weight excluding hydrogens is 490 g/mol. The molecule has 0 spiro atoms. The van der Waals surface area contributed by atoms with Gasteiger partial charge in [0, 0.05) is 36.8 Å². The lowest BCUT2D eigenvalue weighted by atomic mass is 9.97. The van der Waals surface area contributed by atoms with E-state index in [0.717, 1.165) is 22.3 Å². The van der Waals surface area contributed by atoms with Crippen LogP contribution in [-0.2, 0) is 6.54 Å². The molecule has 1 atom stereocenters. The molecule has 1 aromatic rings. The van der Waals surface area contributed by atoms with Crippen molar-refractivity contribution < 1.29 is 14.3 Å². The van der Waals surface area contributed by atoms with Crippen LogP contribution >= 0.6 is 0 Å². The van der Waals surface area contributed by atoms with Gasteiger partial charge in [-0.1, -0.05) is 55.7 Å². The quantitative estimate of drug-likeness (QED) is 0.367. The van der Waals surface area contributed by atoms with Crippen LogP contribution in [0.15, 0.2) is 112 Å². The van der Waals surface area contributed by atoms with Gasteiger partial charge in [-0.2, -0.15) is 0 Å². The molecule has 1 unspecified atom stereocenters.